The number of aromatic nitrogens is 2. The van der Waals surface area contributed by atoms with E-state index in [1.807, 2.05) is 25.1 Å². The molecule has 3 rings (SSSR count). The molecule has 1 fully saturated rings. The van der Waals surface area contributed by atoms with E-state index in [-0.39, 0.29) is 5.92 Å². The van der Waals surface area contributed by atoms with Crippen LogP contribution in [0.3, 0.4) is 0 Å². The molecular weight excluding hydrogens is 320 g/mol. The number of ether oxygens (including phenoxy) is 1. The van der Waals surface area contributed by atoms with Crippen LogP contribution in [0.4, 0.5) is 0 Å². The average Bonchev–Trinajstić information content (AvgIpc) is 2.60. The van der Waals surface area contributed by atoms with Gasteiger partial charge in [0.25, 0.3) is 0 Å². The van der Waals surface area contributed by atoms with Crippen LogP contribution in [0.15, 0.2) is 24.4 Å². The second-order valence-electron chi connectivity index (χ2n) is 6.76. The van der Waals surface area contributed by atoms with Crippen molar-refractivity contribution in [1.82, 2.24) is 9.97 Å². The summed E-state index contributed by atoms with van der Waals surface area (Å²) in [6.45, 7) is 2.47. The maximum atomic E-state index is 11.1. The summed E-state index contributed by atoms with van der Waals surface area (Å²) in [5.41, 5.74) is 1.85. The second kappa shape index (κ2) is 7.35. The molecular formula is C19H24N2O4. The highest BCUT2D eigenvalue weighted by Crippen LogP contribution is 2.35. The summed E-state index contributed by atoms with van der Waals surface area (Å²) in [6.07, 6.45) is 5.17. The third kappa shape index (κ3) is 4.07. The number of hydrogen-bond donors (Lipinski definition) is 2. The van der Waals surface area contributed by atoms with Gasteiger partial charge in [0, 0.05) is 12.3 Å². The van der Waals surface area contributed by atoms with Gasteiger partial charge in [-0.05, 0) is 63.1 Å². The van der Waals surface area contributed by atoms with Crippen LogP contribution in [0.1, 0.15) is 44.6 Å². The normalized spacial score (nSPS) is 23.5. The standard InChI is InChI=1S/C19H24N2O4/c1-2-25-16-4-3-15-17(21-16)13(8-12-20-15)5-9-19(24)10-6-14(7-11-19)18(22)23/h3-4,8,12,14,24H,2,5-7,9-11H2,1H3,(H,22,23)/t14-,19+. The molecule has 6 heteroatoms. The molecule has 1 aliphatic rings. The summed E-state index contributed by atoms with van der Waals surface area (Å²) < 4.78 is 5.47. The molecule has 0 atom stereocenters. The van der Waals surface area contributed by atoms with Crippen molar-refractivity contribution < 1.29 is 19.7 Å². The Hall–Kier alpha value is -2.21. The van der Waals surface area contributed by atoms with E-state index in [9.17, 15) is 9.90 Å². The van der Waals surface area contributed by atoms with Crippen LogP contribution in [0.25, 0.3) is 11.0 Å². The molecule has 2 N–H and O–H groups in total. The van der Waals surface area contributed by atoms with Crippen LogP contribution >= 0.6 is 0 Å². The van der Waals surface area contributed by atoms with Crippen molar-refractivity contribution in [3.05, 3.63) is 30.0 Å². The van der Waals surface area contributed by atoms with Gasteiger partial charge in [0.15, 0.2) is 0 Å². The summed E-state index contributed by atoms with van der Waals surface area (Å²) in [4.78, 5) is 19.9. The van der Waals surface area contributed by atoms with Crippen LogP contribution < -0.4 is 4.74 Å². The third-order valence-electron chi connectivity index (χ3n) is 5.06. The summed E-state index contributed by atoms with van der Waals surface area (Å²) in [5, 5.41) is 19.9. The molecule has 0 radical (unpaired) electrons. The molecule has 0 unspecified atom stereocenters. The van der Waals surface area contributed by atoms with Gasteiger partial charge in [-0.25, -0.2) is 4.98 Å². The van der Waals surface area contributed by atoms with Gasteiger partial charge >= 0.3 is 5.97 Å². The van der Waals surface area contributed by atoms with Crippen molar-refractivity contribution >= 4 is 17.0 Å². The Morgan fingerprint density at radius 3 is 2.76 bits per heavy atom. The average molecular weight is 344 g/mol. The Morgan fingerprint density at radius 2 is 2.08 bits per heavy atom. The Balaban J connectivity index is 1.72. The first-order valence-corrected chi connectivity index (χ1v) is 8.83. The molecule has 2 heterocycles. The van der Waals surface area contributed by atoms with Gasteiger partial charge in [-0.3, -0.25) is 9.78 Å². The Labute approximate surface area is 146 Å². The van der Waals surface area contributed by atoms with Crippen molar-refractivity contribution in [2.24, 2.45) is 5.92 Å². The minimum Gasteiger partial charge on any atom is -0.481 e. The number of carboxylic acid groups (broad SMARTS) is 1. The zero-order chi connectivity index (χ0) is 17.9. The molecule has 1 saturated carbocycles. The molecule has 2 aromatic rings. The molecule has 0 bridgehead atoms. The number of aryl methyl sites for hydroxylation is 1. The number of rotatable bonds is 6. The minimum atomic E-state index is -0.793. The van der Waals surface area contributed by atoms with E-state index in [0.717, 1.165) is 16.6 Å². The lowest BCUT2D eigenvalue weighted by atomic mass is 9.76. The Kier molecular flexibility index (Phi) is 5.18. The van der Waals surface area contributed by atoms with E-state index >= 15 is 0 Å². The molecule has 0 aliphatic heterocycles. The maximum Gasteiger partial charge on any atom is 0.306 e. The highest BCUT2D eigenvalue weighted by molar-refractivity contribution is 5.78. The Morgan fingerprint density at radius 1 is 1.32 bits per heavy atom. The van der Waals surface area contributed by atoms with Gasteiger partial charge in [0.05, 0.1) is 29.2 Å². The van der Waals surface area contributed by atoms with E-state index in [1.54, 1.807) is 6.20 Å². The van der Waals surface area contributed by atoms with Crippen LogP contribution in [0.5, 0.6) is 5.88 Å². The number of pyridine rings is 2. The van der Waals surface area contributed by atoms with Gasteiger partial charge < -0.3 is 14.9 Å². The van der Waals surface area contributed by atoms with E-state index in [2.05, 4.69) is 9.97 Å². The minimum absolute atomic E-state index is 0.322. The van der Waals surface area contributed by atoms with Crippen LogP contribution in [-0.4, -0.2) is 38.4 Å². The lowest BCUT2D eigenvalue weighted by Crippen LogP contribution is -2.36. The van der Waals surface area contributed by atoms with E-state index < -0.39 is 11.6 Å². The van der Waals surface area contributed by atoms with Gasteiger partial charge in [-0.1, -0.05) is 0 Å². The summed E-state index contributed by atoms with van der Waals surface area (Å²) in [6, 6.07) is 5.63. The molecule has 6 nitrogen and oxygen atoms in total. The first kappa shape index (κ1) is 17.6. The van der Waals surface area contributed by atoms with Gasteiger partial charge in [-0.2, -0.15) is 0 Å². The van der Waals surface area contributed by atoms with Crippen molar-refractivity contribution in [1.29, 1.82) is 0 Å². The number of carbonyl (C=O) groups is 1. The van der Waals surface area contributed by atoms with Crippen molar-refractivity contribution in [3.8, 4) is 5.88 Å². The topological polar surface area (TPSA) is 92.5 Å². The molecule has 0 saturated heterocycles. The smallest absolute Gasteiger partial charge is 0.306 e. The van der Waals surface area contributed by atoms with E-state index in [1.165, 1.54) is 0 Å². The number of fused-ring (bicyclic) bond motifs is 1. The molecule has 2 aromatic heterocycles. The fourth-order valence-corrected chi connectivity index (χ4v) is 3.51. The van der Waals surface area contributed by atoms with E-state index in [0.29, 0.717) is 51.0 Å². The quantitative estimate of drug-likeness (QED) is 0.837. The van der Waals surface area contributed by atoms with Gasteiger partial charge in [-0.15, -0.1) is 0 Å². The monoisotopic (exact) mass is 344 g/mol. The molecule has 25 heavy (non-hydrogen) atoms. The molecule has 0 aromatic carbocycles. The van der Waals surface area contributed by atoms with Crippen molar-refractivity contribution in [3.63, 3.8) is 0 Å². The molecule has 0 spiro atoms. The second-order valence-corrected chi connectivity index (χ2v) is 6.76. The fourth-order valence-electron chi connectivity index (χ4n) is 3.51. The van der Waals surface area contributed by atoms with Crippen LogP contribution in [0, 0.1) is 5.92 Å². The number of nitrogens with zero attached hydrogens (tertiary/aromatic N) is 2. The number of aliphatic carboxylic acids is 1. The zero-order valence-corrected chi connectivity index (χ0v) is 14.4. The lowest BCUT2D eigenvalue weighted by molar-refractivity contribution is -0.144. The third-order valence-corrected chi connectivity index (χ3v) is 5.06. The maximum absolute atomic E-state index is 11.1. The van der Waals surface area contributed by atoms with Crippen molar-refractivity contribution in [2.45, 2.75) is 51.0 Å². The number of aliphatic hydroxyl groups is 1. The van der Waals surface area contributed by atoms with Crippen LogP contribution in [-0.2, 0) is 11.2 Å². The molecule has 134 valence electrons. The summed E-state index contributed by atoms with van der Waals surface area (Å²) >= 11 is 0. The van der Waals surface area contributed by atoms with Crippen molar-refractivity contribution in [2.75, 3.05) is 6.61 Å². The highest BCUT2D eigenvalue weighted by Gasteiger charge is 2.35. The zero-order valence-electron chi connectivity index (χ0n) is 14.4. The Bertz CT molecular complexity index is 754. The fraction of sp³-hybridized carbons (Fsp3) is 0.526. The summed E-state index contributed by atoms with van der Waals surface area (Å²) in [5.74, 6) is -0.503. The van der Waals surface area contributed by atoms with E-state index in [4.69, 9.17) is 9.84 Å². The largest absolute Gasteiger partial charge is 0.481 e. The first-order chi connectivity index (χ1) is 12.0. The molecule has 0 amide bonds. The predicted octanol–water partition coefficient (Wildman–Crippen LogP) is 2.97. The SMILES string of the molecule is CCOc1ccc2nccc(CC[C@]3(O)CC[C@@H](C(=O)O)CC3)c2n1. The van der Waals surface area contributed by atoms with Gasteiger partial charge in [0.1, 0.15) is 0 Å². The highest BCUT2D eigenvalue weighted by atomic mass is 16.5. The van der Waals surface area contributed by atoms with Crippen LogP contribution in [0.2, 0.25) is 0 Å². The predicted molar refractivity (Wildman–Crippen MR) is 93.6 cm³/mol. The first-order valence-electron chi connectivity index (χ1n) is 8.83. The van der Waals surface area contributed by atoms with Gasteiger partial charge in [0.2, 0.25) is 5.88 Å². The lowest BCUT2D eigenvalue weighted by Gasteiger charge is -2.34. The number of hydrogen-bond acceptors (Lipinski definition) is 5. The molecule has 1 aliphatic carbocycles. The summed E-state index contributed by atoms with van der Waals surface area (Å²) in [7, 11) is 0. The number of carboxylic acids is 1.